The summed E-state index contributed by atoms with van der Waals surface area (Å²) < 4.78 is 13.1. The van der Waals surface area contributed by atoms with E-state index in [1.165, 1.54) is 18.3 Å². The van der Waals surface area contributed by atoms with E-state index in [0.717, 1.165) is 6.42 Å². The molecule has 1 heterocycles. The molecule has 1 rings (SSSR count). The lowest BCUT2D eigenvalue weighted by Crippen LogP contribution is -2.11. The molecule has 1 aromatic rings. The normalized spacial score (nSPS) is 15.4. The number of hydrogen-bond acceptors (Lipinski definition) is 2. The molecule has 0 aliphatic heterocycles. The van der Waals surface area contributed by atoms with E-state index in [0.29, 0.717) is 0 Å². The second-order valence-electron chi connectivity index (χ2n) is 3.20. The Morgan fingerprint density at radius 3 is 2.85 bits per heavy atom. The van der Waals surface area contributed by atoms with Crippen molar-refractivity contribution in [2.24, 2.45) is 5.92 Å². The van der Waals surface area contributed by atoms with E-state index in [1.807, 2.05) is 13.8 Å². The summed E-state index contributed by atoms with van der Waals surface area (Å²) in [6.45, 7) is 3.83. The molecule has 1 N–H and O–H groups in total. The highest BCUT2D eigenvalue weighted by Crippen LogP contribution is 2.23. The van der Waals surface area contributed by atoms with Crippen LogP contribution in [0.3, 0.4) is 0 Å². The van der Waals surface area contributed by atoms with Crippen molar-refractivity contribution < 1.29 is 9.50 Å². The summed E-state index contributed by atoms with van der Waals surface area (Å²) in [5.41, 5.74) is 0.150. The first kappa shape index (κ1) is 10.1. The van der Waals surface area contributed by atoms with Crippen LogP contribution in [-0.4, -0.2) is 10.1 Å². The molecule has 2 unspecified atom stereocenters. The maximum atomic E-state index is 13.1. The minimum absolute atomic E-state index is 0.0319. The maximum Gasteiger partial charge on any atom is 0.147 e. The predicted molar refractivity (Wildman–Crippen MR) is 48.6 cm³/mol. The number of aliphatic hydroxyl groups excluding tert-OH is 1. The molecule has 0 aliphatic carbocycles. The number of rotatable bonds is 3. The van der Waals surface area contributed by atoms with Gasteiger partial charge in [0.25, 0.3) is 0 Å². The first-order valence-electron chi connectivity index (χ1n) is 4.45. The minimum Gasteiger partial charge on any atom is -0.386 e. The van der Waals surface area contributed by atoms with Crippen molar-refractivity contribution in [1.29, 1.82) is 0 Å². The van der Waals surface area contributed by atoms with Crippen LogP contribution in [-0.2, 0) is 0 Å². The highest BCUT2D eigenvalue weighted by atomic mass is 19.1. The Labute approximate surface area is 77.4 Å². The highest BCUT2D eigenvalue weighted by molar-refractivity contribution is 5.10. The third-order valence-electron chi connectivity index (χ3n) is 2.25. The first-order valence-corrected chi connectivity index (χ1v) is 4.45. The molecule has 0 spiro atoms. The summed E-state index contributed by atoms with van der Waals surface area (Å²) in [5.74, 6) is -0.403. The lowest BCUT2D eigenvalue weighted by molar-refractivity contribution is 0.107. The summed E-state index contributed by atoms with van der Waals surface area (Å²) >= 11 is 0. The van der Waals surface area contributed by atoms with Gasteiger partial charge >= 0.3 is 0 Å². The maximum absolute atomic E-state index is 13.1. The fourth-order valence-electron chi connectivity index (χ4n) is 1.11. The van der Waals surface area contributed by atoms with Gasteiger partial charge in [0.2, 0.25) is 0 Å². The largest absolute Gasteiger partial charge is 0.386 e. The van der Waals surface area contributed by atoms with Gasteiger partial charge in [-0.2, -0.15) is 0 Å². The van der Waals surface area contributed by atoms with Crippen molar-refractivity contribution in [3.8, 4) is 0 Å². The summed E-state index contributed by atoms with van der Waals surface area (Å²) in [7, 11) is 0. The summed E-state index contributed by atoms with van der Waals surface area (Å²) in [6.07, 6.45) is 1.49. The number of nitrogens with zero attached hydrogens (tertiary/aromatic N) is 1. The van der Waals surface area contributed by atoms with Crippen LogP contribution in [0.4, 0.5) is 4.39 Å². The summed E-state index contributed by atoms with van der Waals surface area (Å²) in [6, 6.07) is 2.83. The topological polar surface area (TPSA) is 33.1 Å². The summed E-state index contributed by atoms with van der Waals surface area (Å²) in [5, 5.41) is 9.67. The number of halogens is 1. The average Bonchev–Trinajstić information content (AvgIpc) is 2.16. The molecule has 0 saturated carbocycles. The van der Waals surface area contributed by atoms with E-state index in [-0.39, 0.29) is 11.6 Å². The van der Waals surface area contributed by atoms with E-state index < -0.39 is 11.9 Å². The van der Waals surface area contributed by atoms with Gasteiger partial charge in [-0.15, -0.1) is 0 Å². The third-order valence-corrected chi connectivity index (χ3v) is 2.25. The Morgan fingerprint density at radius 2 is 2.31 bits per heavy atom. The molecule has 13 heavy (non-hydrogen) atoms. The van der Waals surface area contributed by atoms with E-state index in [1.54, 1.807) is 0 Å². The van der Waals surface area contributed by atoms with Crippen LogP contribution in [0.5, 0.6) is 0 Å². The smallest absolute Gasteiger partial charge is 0.147 e. The molecule has 0 radical (unpaired) electrons. The van der Waals surface area contributed by atoms with Gasteiger partial charge in [0.15, 0.2) is 0 Å². The first-order chi connectivity index (χ1) is 6.16. The minimum atomic E-state index is -0.800. The second-order valence-corrected chi connectivity index (χ2v) is 3.20. The van der Waals surface area contributed by atoms with E-state index in [4.69, 9.17) is 0 Å². The zero-order chi connectivity index (χ0) is 9.84. The lowest BCUT2D eigenvalue weighted by atomic mass is 9.99. The monoisotopic (exact) mass is 183 g/mol. The van der Waals surface area contributed by atoms with Gasteiger partial charge in [-0.1, -0.05) is 20.3 Å². The van der Waals surface area contributed by atoms with Crippen LogP contribution < -0.4 is 0 Å². The number of pyridine rings is 1. The van der Waals surface area contributed by atoms with Gasteiger partial charge in [0, 0.05) is 6.20 Å². The van der Waals surface area contributed by atoms with Crippen LogP contribution in [0, 0.1) is 11.7 Å². The van der Waals surface area contributed by atoms with E-state index in [2.05, 4.69) is 4.98 Å². The zero-order valence-corrected chi connectivity index (χ0v) is 7.87. The van der Waals surface area contributed by atoms with Crippen LogP contribution in [0.15, 0.2) is 18.3 Å². The molecule has 3 heteroatoms. The highest BCUT2D eigenvalue weighted by Gasteiger charge is 2.19. The molecule has 72 valence electrons. The van der Waals surface area contributed by atoms with Crippen molar-refractivity contribution >= 4 is 0 Å². The van der Waals surface area contributed by atoms with Gasteiger partial charge in [0.1, 0.15) is 17.6 Å². The lowest BCUT2D eigenvalue weighted by Gasteiger charge is -2.16. The van der Waals surface area contributed by atoms with Crippen molar-refractivity contribution in [3.05, 3.63) is 29.8 Å². The zero-order valence-electron chi connectivity index (χ0n) is 7.87. The van der Waals surface area contributed by atoms with Crippen LogP contribution >= 0.6 is 0 Å². The molecule has 0 fully saturated rings. The molecule has 0 aromatic carbocycles. The van der Waals surface area contributed by atoms with Crippen molar-refractivity contribution in [2.45, 2.75) is 26.4 Å². The van der Waals surface area contributed by atoms with Gasteiger partial charge < -0.3 is 5.11 Å². The molecular weight excluding hydrogens is 169 g/mol. The van der Waals surface area contributed by atoms with Gasteiger partial charge in [-0.25, -0.2) is 4.39 Å². The fraction of sp³-hybridized carbons (Fsp3) is 0.500. The standard InChI is InChI=1S/C10H14FNO/c1-3-7(2)10(13)9-8(11)5-4-6-12-9/h4-7,10,13H,3H2,1-2H3. The Hall–Kier alpha value is -0.960. The SMILES string of the molecule is CCC(C)C(O)c1ncccc1F. The van der Waals surface area contributed by atoms with Gasteiger partial charge in [-0.3, -0.25) is 4.98 Å². The second kappa shape index (κ2) is 4.33. The van der Waals surface area contributed by atoms with Gasteiger partial charge in [-0.05, 0) is 18.1 Å². The summed E-state index contributed by atoms with van der Waals surface area (Å²) in [4.78, 5) is 3.82. The molecule has 0 amide bonds. The van der Waals surface area contributed by atoms with Crippen LogP contribution in [0.25, 0.3) is 0 Å². The molecule has 0 saturated heterocycles. The van der Waals surface area contributed by atoms with Crippen molar-refractivity contribution in [1.82, 2.24) is 4.98 Å². The third kappa shape index (κ3) is 2.25. The van der Waals surface area contributed by atoms with Crippen molar-refractivity contribution in [3.63, 3.8) is 0 Å². The van der Waals surface area contributed by atoms with Crippen molar-refractivity contribution in [2.75, 3.05) is 0 Å². The predicted octanol–water partition coefficient (Wildman–Crippen LogP) is 2.30. The van der Waals surface area contributed by atoms with Crippen LogP contribution in [0.2, 0.25) is 0 Å². The van der Waals surface area contributed by atoms with E-state index in [9.17, 15) is 9.50 Å². The molecule has 2 nitrogen and oxygen atoms in total. The Kier molecular flexibility index (Phi) is 3.37. The average molecular weight is 183 g/mol. The molecule has 1 aromatic heterocycles. The molecule has 0 bridgehead atoms. The van der Waals surface area contributed by atoms with Gasteiger partial charge in [0.05, 0.1) is 0 Å². The fourth-order valence-corrected chi connectivity index (χ4v) is 1.11. The number of aliphatic hydroxyl groups is 1. The van der Waals surface area contributed by atoms with E-state index >= 15 is 0 Å². The quantitative estimate of drug-likeness (QED) is 0.780. The Balaban J connectivity index is 2.88. The Bertz CT molecular complexity index is 277. The number of aromatic nitrogens is 1. The Morgan fingerprint density at radius 1 is 1.62 bits per heavy atom. The molecular formula is C10H14FNO. The molecule has 2 atom stereocenters. The number of hydrogen-bond donors (Lipinski definition) is 1. The van der Waals surface area contributed by atoms with Crippen LogP contribution in [0.1, 0.15) is 32.1 Å². The molecule has 0 aliphatic rings.